The van der Waals surface area contributed by atoms with Crippen molar-refractivity contribution >= 4 is 34.8 Å². The Bertz CT molecular complexity index is 559. The number of carbonyl (C=O) groups excluding carboxylic acids is 1. The van der Waals surface area contributed by atoms with Crippen LogP contribution in [-0.4, -0.2) is 24.6 Å². The third-order valence-corrected chi connectivity index (χ3v) is 4.49. The summed E-state index contributed by atoms with van der Waals surface area (Å²) in [6.45, 7) is 7.26. The zero-order chi connectivity index (χ0) is 15.3. The maximum atomic E-state index is 14.1. The van der Waals surface area contributed by atoms with Gasteiger partial charge in [0.05, 0.1) is 16.8 Å². The highest BCUT2D eigenvalue weighted by atomic mass is 79.9. The van der Waals surface area contributed by atoms with Crippen LogP contribution in [0.5, 0.6) is 0 Å². The SMILES string of the molecule is CC1(C)OB(c2c(Br)cc(C=O)c(F)c2F)OC1(C)C. The Labute approximate surface area is 124 Å². The number of aldehydes is 1. The van der Waals surface area contributed by atoms with E-state index in [9.17, 15) is 13.6 Å². The number of hydrogen-bond donors (Lipinski definition) is 0. The van der Waals surface area contributed by atoms with Crippen LogP contribution in [0, 0.1) is 11.6 Å². The number of halogens is 3. The normalized spacial score (nSPS) is 20.2. The molecule has 2 rings (SSSR count). The highest BCUT2D eigenvalue weighted by Crippen LogP contribution is 2.37. The van der Waals surface area contributed by atoms with E-state index in [0.29, 0.717) is 0 Å². The molecule has 0 bridgehead atoms. The van der Waals surface area contributed by atoms with Crippen LogP contribution in [0.1, 0.15) is 38.1 Å². The average molecular weight is 347 g/mol. The van der Waals surface area contributed by atoms with Gasteiger partial charge in [-0.15, -0.1) is 0 Å². The Hall–Kier alpha value is -0.785. The van der Waals surface area contributed by atoms with Crippen molar-refractivity contribution in [2.45, 2.75) is 38.9 Å². The smallest absolute Gasteiger partial charge is 0.399 e. The van der Waals surface area contributed by atoms with E-state index in [0.717, 1.165) is 0 Å². The highest BCUT2D eigenvalue weighted by Gasteiger charge is 2.53. The molecule has 0 amide bonds. The number of benzene rings is 1. The Balaban J connectivity index is 2.51. The summed E-state index contributed by atoms with van der Waals surface area (Å²) >= 11 is 3.13. The van der Waals surface area contributed by atoms with Gasteiger partial charge in [0.1, 0.15) is 0 Å². The second-order valence-electron chi connectivity index (χ2n) is 5.70. The van der Waals surface area contributed by atoms with Crippen molar-refractivity contribution in [3.05, 3.63) is 27.7 Å². The summed E-state index contributed by atoms with van der Waals surface area (Å²) in [6, 6.07) is 1.21. The van der Waals surface area contributed by atoms with Crippen LogP contribution >= 0.6 is 15.9 Å². The molecule has 108 valence electrons. The van der Waals surface area contributed by atoms with Crippen molar-refractivity contribution in [1.29, 1.82) is 0 Å². The molecule has 7 heteroatoms. The Morgan fingerprint density at radius 3 is 2.10 bits per heavy atom. The van der Waals surface area contributed by atoms with Gasteiger partial charge < -0.3 is 9.31 Å². The zero-order valence-corrected chi connectivity index (χ0v) is 13.2. The van der Waals surface area contributed by atoms with Gasteiger partial charge in [0.25, 0.3) is 0 Å². The summed E-state index contributed by atoms with van der Waals surface area (Å²) in [5.41, 5.74) is -1.76. The van der Waals surface area contributed by atoms with Gasteiger partial charge in [0.2, 0.25) is 0 Å². The van der Waals surface area contributed by atoms with E-state index in [2.05, 4.69) is 15.9 Å². The van der Waals surface area contributed by atoms with Crippen LogP contribution < -0.4 is 5.46 Å². The number of hydrogen-bond acceptors (Lipinski definition) is 3. The molecule has 0 saturated carbocycles. The first kappa shape index (κ1) is 15.6. The van der Waals surface area contributed by atoms with E-state index >= 15 is 0 Å². The van der Waals surface area contributed by atoms with Crippen molar-refractivity contribution in [3.63, 3.8) is 0 Å². The molecule has 0 aliphatic carbocycles. The molecule has 1 aromatic carbocycles. The van der Waals surface area contributed by atoms with Crippen molar-refractivity contribution in [2.75, 3.05) is 0 Å². The molecule has 1 aliphatic heterocycles. The van der Waals surface area contributed by atoms with E-state index in [1.54, 1.807) is 0 Å². The lowest BCUT2D eigenvalue weighted by molar-refractivity contribution is 0.00578. The lowest BCUT2D eigenvalue weighted by atomic mass is 9.78. The van der Waals surface area contributed by atoms with Crippen molar-refractivity contribution in [1.82, 2.24) is 0 Å². The van der Waals surface area contributed by atoms with E-state index in [4.69, 9.17) is 9.31 Å². The van der Waals surface area contributed by atoms with Gasteiger partial charge >= 0.3 is 7.12 Å². The maximum Gasteiger partial charge on any atom is 0.499 e. The standard InChI is InChI=1S/C13H14BBrF2O3/c1-12(2)13(3,4)20-14(19-12)9-8(15)5-7(6-18)10(16)11(9)17/h5-6H,1-4H3. The van der Waals surface area contributed by atoms with E-state index in [1.165, 1.54) is 6.07 Å². The molecule has 0 radical (unpaired) electrons. The van der Waals surface area contributed by atoms with Crippen molar-refractivity contribution in [3.8, 4) is 0 Å². The number of rotatable bonds is 2. The first-order chi connectivity index (χ1) is 9.10. The summed E-state index contributed by atoms with van der Waals surface area (Å²) in [5.74, 6) is -2.34. The monoisotopic (exact) mass is 346 g/mol. The quantitative estimate of drug-likeness (QED) is 0.469. The van der Waals surface area contributed by atoms with Gasteiger partial charge in [-0.25, -0.2) is 8.78 Å². The van der Waals surface area contributed by atoms with Gasteiger partial charge in [0.15, 0.2) is 17.9 Å². The molecule has 0 aromatic heterocycles. The van der Waals surface area contributed by atoms with E-state index < -0.39 is 30.0 Å². The summed E-state index contributed by atoms with van der Waals surface area (Å²) in [6.07, 6.45) is 0.261. The molecular weight excluding hydrogens is 333 g/mol. The fourth-order valence-electron chi connectivity index (χ4n) is 1.89. The van der Waals surface area contributed by atoms with Crippen LogP contribution in [0.3, 0.4) is 0 Å². The largest absolute Gasteiger partial charge is 0.499 e. The minimum atomic E-state index is -1.20. The molecule has 0 atom stereocenters. The third kappa shape index (κ3) is 2.32. The molecule has 1 aromatic rings. The molecular formula is C13H14BBrF2O3. The minimum Gasteiger partial charge on any atom is -0.399 e. The van der Waals surface area contributed by atoms with E-state index in [-0.39, 0.29) is 21.8 Å². The van der Waals surface area contributed by atoms with Crippen LogP contribution in [0.15, 0.2) is 10.5 Å². The molecule has 0 unspecified atom stereocenters. The topological polar surface area (TPSA) is 35.5 Å². The maximum absolute atomic E-state index is 14.1. The molecule has 0 spiro atoms. The molecule has 1 aliphatic rings. The Morgan fingerprint density at radius 1 is 1.15 bits per heavy atom. The summed E-state index contributed by atoms with van der Waals surface area (Å²) in [7, 11) is -1.04. The van der Waals surface area contributed by atoms with Gasteiger partial charge in [-0.05, 0) is 33.8 Å². The average Bonchev–Trinajstić information content (AvgIpc) is 2.53. The van der Waals surface area contributed by atoms with Crippen LogP contribution in [-0.2, 0) is 9.31 Å². The molecule has 1 saturated heterocycles. The minimum absolute atomic E-state index is 0.0771. The van der Waals surface area contributed by atoms with Gasteiger partial charge in [-0.3, -0.25) is 4.79 Å². The highest BCUT2D eigenvalue weighted by molar-refractivity contribution is 9.10. The van der Waals surface area contributed by atoms with E-state index in [1.807, 2.05) is 27.7 Å². The van der Waals surface area contributed by atoms with Crippen LogP contribution in [0.25, 0.3) is 0 Å². The number of carbonyl (C=O) groups is 1. The van der Waals surface area contributed by atoms with Crippen LogP contribution in [0.4, 0.5) is 8.78 Å². The summed E-state index contributed by atoms with van der Waals surface area (Å²) < 4.78 is 39.5. The second-order valence-corrected chi connectivity index (χ2v) is 6.55. The first-order valence-corrected chi connectivity index (χ1v) is 6.88. The molecule has 1 heterocycles. The van der Waals surface area contributed by atoms with Crippen molar-refractivity contribution in [2.24, 2.45) is 0 Å². The second kappa shape index (κ2) is 4.89. The predicted molar refractivity (Wildman–Crippen MR) is 75.2 cm³/mol. The predicted octanol–water partition coefficient (Wildman–Crippen LogP) is 2.84. The third-order valence-electron chi connectivity index (χ3n) is 3.84. The van der Waals surface area contributed by atoms with Gasteiger partial charge in [0, 0.05) is 9.94 Å². The summed E-state index contributed by atoms with van der Waals surface area (Å²) in [5, 5.41) is 0. The molecule has 0 N–H and O–H groups in total. The van der Waals surface area contributed by atoms with Gasteiger partial charge in [-0.2, -0.15) is 0 Å². The lowest BCUT2D eigenvalue weighted by Gasteiger charge is -2.32. The first-order valence-electron chi connectivity index (χ1n) is 6.09. The Morgan fingerprint density at radius 2 is 1.65 bits per heavy atom. The Kier molecular flexibility index (Phi) is 3.82. The van der Waals surface area contributed by atoms with Crippen LogP contribution in [0.2, 0.25) is 0 Å². The van der Waals surface area contributed by atoms with Crippen molar-refractivity contribution < 1.29 is 22.9 Å². The molecule has 20 heavy (non-hydrogen) atoms. The summed E-state index contributed by atoms with van der Waals surface area (Å²) in [4.78, 5) is 10.7. The van der Waals surface area contributed by atoms with Gasteiger partial charge in [-0.1, -0.05) is 15.9 Å². The molecule has 1 fully saturated rings. The fraction of sp³-hybridized carbons (Fsp3) is 0.462. The molecule has 3 nitrogen and oxygen atoms in total. The zero-order valence-electron chi connectivity index (χ0n) is 11.6. The fourth-order valence-corrected chi connectivity index (χ4v) is 2.50. The lowest BCUT2D eigenvalue weighted by Crippen LogP contribution is -2.41.